The van der Waals surface area contributed by atoms with E-state index in [4.69, 9.17) is 56.8 Å². The lowest BCUT2D eigenvalue weighted by molar-refractivity contribution is -0.348. The molecule has 1 amide bonds. The fraction of sp³-hybridized carbons (Fsp3) is 0.649. The number of carbonyl (C=O) groups excluding carboxylic acids is 5. The molecule has 4 aromatic carbocycles. The number of aliphatic carboxylic acids is 1. The van der Waals surface area contributed by atoms with E-state index >= 15 is 0 Å². The number of ketones is 2. The Kier molecular flexibility index (Phi) is 37.1. The number of nitrogens with one attached hydrogen (secondary N) is 2. The molecule has 2 aromatic heterocycles. The standard InChI is InChI=1S/C50H69N5O14.C47H64N4O15/c1-29-40(58)42(60)43(61)49(64-29)69-44-35(55-27-34(52-53-55)31-16-8-4-9-17-31)25-33(36(57)20-12-21-51-2)26-37(44)66-50-46(68-48(63)32-18-10-5-11-19-32)45(41(59)39(28-56)67-50)65-38(47(62)54-22-13-23-54)24-30-14-6-3-7-15-30;1-26-37(54)39(56)40(57)46(61-26)66-41-32(51-24-31(49-50-51)28-15-8-4-9-16-28)22-30(33(53)19-12-20-48-2)23-34(41)63-47-43(65-45(60)29-17-10-5-11-18-29)42(38(55)36(25-52)64-47)62-35(44(58)59)21-27-13-6-3-7-14-27/h4-5,8-11,16-19,27,29-30,33,35,37-46,49-51,56,58-61H,3,6-7,12-15,20-26,28H2,1-2H3;4-5,8-11,15-18,24,26-27,30,32,34-43,46-48,52,54-57H,3,6-7,12-14,19-23,25H2,1-2H3,(H,58,59)/t29?,33?,35?,37-,38+,39+,40-,41+,42+,43?,44-,45?,46?,49+,50-;26?,30?,32?,34-,35+,36+,37-,38+,39+,40?,41-,42?,43?,46+,47-/m11/s1. The van der Waals surface area contributed by atoms with Crippen molar-refractivity contribution in [2.45, 2.75) is 320 Å². The van der Waals surface area contributed by atoms with E-state index in [9.17, 15) is 84.9 Å². The molecule has 5 aliphatic heterocycles. The number of carboxylic acids is 1. The van der Waals surface area contributed by atoms with Gasteiger partial charge in [-0.2, -0.15) is 0 Å². The number of rotatable bonds is 38. The molecule has 9 aliphatic rings. The van der Waals surface area contributed by atoms with Gasteiger partial charge >= 0.3 is 17.9 Å². The smallest absolute Gasteiger partial charge is 0.338 e. The second kappa shape index (κ2) is 48.9. The number of nitrogens with zero attached hydrogens (tertiary/aromatic N) is 7. The molecule has 4 aliphatic carbocycles. The van der Waals surface area contributed by atoms with Crippen LogP contribution in [0, 0.1) is 23.7 Å². The number of aliphatic hydroxyl groups excluding tert-OH is 10. The fourth-order valence-electron chi connectivity index (χ4n) is 20.0. The summed E-state index contributed by atoms with van der Waals surface area (Å²) in [6.07, 6.45) is -21.7. The molecule has 38 nitrogen and oxygen atoms in total. The molecule has 9 fully saturated rings. The average Bonchev–Trinajstić information content (AvgIpc) is 1.69. The van der Waals surface area contributed by atoms with Crippen LogP contribution in [0.1, 0.15) is 181 Å². The average molecular weight is 1890 g/mol. The Balaban J connectivity index is 0.000000217. The Hall–Kier alpha value is -8.50. The minimum absolute atomic E-state index is 0.0121. The van der Waals surface area contributed by atoms with Crippen LogP contribution in [0.15, 0.2) is 134 Å². The van der Waals surface area contributed by atoms with E-state index < -0.39 is 214 Å². The van der Waals surface area contributed by atoms with Gasteiger partial charge in [0.25, 0.3) is 5.91 Å². The first-order valence-electron chi connectivity index (χ1n) is 47.8. The first-order chi connectivity index (χ1) is 65.3. The van der Waals surface area contributed by atoms with Gasteiger partial charge in [-0.25, -0.2) is 23.7 Å². The SMILES string of the molecule is CNCCCC(=O)C1CC(n2cc(-c3ccccc3)nn2)[C@@H](O[C@@H]2OC(C)[C@@H](O)[C@H](O)C2O)[C@H](O[C@@H]2O[C@@H](CO)[C@H](O)C(O[C@@H](CC3CCCCC3)C(=O)N3CCC3)C2OC(=O)c2ccccc2)C1.CNCCCC(=O)C1CC(n2cc(-c3ccccc3)nn2)[C@@H](O[C@@H]2OC(C)[C@@H](O)[C@H](O)C2O)[C@H](O[C@@H]2O[C@@H](CO)[C@H](O)C(O[C@@H](CC3CCCCC3)C(=O)O)C2OC(=O)c2ccccc2)C1. The topological polar surface area (TPSA) is 524 Å². The molecule has 6 aromatic rings. The highest BCUT2D eigenvalue weighted by Crippen LogP contribution is 2.46. The molecule has 4 saturated carbocycles. The van der Waals surface area contributed by atoms with Crippen molar-refractivity contribution >= 4 is 35.4 Å². The fourth-order valence-corrected chi connectivity index (χ4v) is 20.0. The van der Waals surface area contributed by atoms with E-state index in [2.05, 4.69) is 31.3 Å². The van der Waals surface area contributed by atoms with Crippen LogP contribution in [0.5, 0.6) is 0 Å². The Labute approximate surface area is 783 Å². The number of esters is 2. The number of aromatic nitrogens is 6. The van der Waals surface area contributed by atoms with E-state index in [0.29, 0.717) is 56.8 Å². The summed E-state index contributed by atoms with van der Waals surface area (Å²) in [4.78, 5) is 85.3. The number of ether oxygens (including phenoxy) is 12. The third-order valence-corrected chi connectivity index (χ3v) is 27.9. The van der Waals surface area contributed by atoms with Crippen molar-refractivity contribution in [2.24, 2.45) is 23.7 Å². The van der Waals surface area contributed by atoms with E-state index in [1.165, 1.54) is 30.7 Å². The van der Waals surface area contributed by atoms with Gasteiger partial charge < -0.3 is 129 Å². The molecule has 13 N–H and O–H groups in total. The summed E-state index contributed by atoms with van der Waals surface area (Å²) in [6, 6.07) is 33.1. The first kappa shape index (κ1) is 102. The maximum absolute atomic E-state index is 14.3. The highest BCUT2D eigenvalue weighted by Gasteiger charge is 2.58. The van der Waals surface area contributed by atoms with Crippen LogP contribution in [-0.4, -0.2) is 339 Å². The van der Waals surface area contributed by atoms with Gasteiger partial charge in [-0.05, 0) is 135 Å². The lowest BCUT2D eigenvalue weighted by Crippen LogP contribution is -2.64. The number of benzene rings is 4. The van der Waals surface area contributed by atoms with Gasteiger partial charge in [-0.1, -0.05) is 172 Å². The van der Waals surface area contributed by atoms with Gasteiger partial charge in [0, 0.05) is 48.9 Å². The largest absolute Gasteiger partial charge is 0.479 e. The number of hydrogen-bond donors (Lipinski definition) is 13. The Morgan fingerprint density at radius 2 is 0.822 bits per heavy atom. The minimum atomic E-state index is -1.75. The summed E-state index contributed by atoms with van der Waals surface area (Å²) in [5, 5.41) is 145. The van der Waals surface area contributed by atoms with E-state index in [1.807, 2.05) is 60.7 Å². The molecule has 30 atom stereocenters. The van der Waals surface area contributed by atoms with Crippen LogP contribution < -0.4 is 10.6 Å². The Morgan fingerprint density at radius 1 is 0.437 bits per heavy atom. The molecule has 740 valence electrons. The van der Waals surface area contributed by atoms with Crippen LogP contribution in [-0.2, 0) is 76.0 Å². The van der Waals surface area contributed by atoms with Crippen molar-refractivity contribution in [1.82, 2.24) is 45.5 Å². The first-order valence-corrected chi connectivity index (χ1v) is 47.8. The lowest BCUT2D eigenvalue weighted by atomic mass is 9.78. The molecule has 135 heavy (non-hydrogen) atoms. The van der Waals surface area contributed by atoms with Crippen molar-refractivity contribution in [1.29, 1.82) is 0 Å². The second-order valence-corrected chi connectivity index (χ2v) is 37.2. The van der Waals surface area contributed by atoms with Crippen molar-refractivity contribution < 1.29 is 142 Å². The van der Waals surface area contributed by atoms with Gasteiger partial charge in [0.15, 0.2) is 43.5 Å². The van der Waals surface area contributed by atoms with Crippen LogP contribution in [0.2, 0.25) is 0 Å². The number of carboxylic acid groups (broad SMARTS) is 1. The minimum Gasteiger partial charge on any atom is -0.479 e. The third kappa shape index (κ3) is 25.6. The highest BCUT2D eigenvalue weighted by atomic mass is 16.8. The number of Topliss-reactive ketones (excluding diaryl/α,β-unsaturated/α-hetero) is 2. The number of amides is 1. The number of carbonyl (C=O) groups is 6. The molecule has 38 heteroatoms. The summed E-state index contributed by atoms with van der Waals surface area (Å²) in [5.74, 6) is -4.53. The summed E-state index contributed by atoms with van der Waals surface area (Å²) >= 11 is 0. The maximum atomic E-state index is 14.3. The predicted octanol–water partition coefficient (Wildman–Crippen LogP) is 4.50. The molecule has 0 radical (unpaired) electrons. The van der Waals surface area contributed by atoms with Gasteiger partial charge in [-0.15, -0.1) is 10.2 Å². The van der Waals surface area contributed by atoms with Crippen LogP contribution in [0.3, 0.4) is 0 Å². The van der Waals surface area contributed by atoms with E-state index in [-0.39, 0.29) is 85.4 Å². The molecular weight excluding hydrogens is 1760 g/mol. The molecule has 0 bridgehead atoms. The maximum Gasteiger partial charge on any atom is 0.338 e. The van der Waals surface area contributed by atoms with Gasteiger partial charge in [-0.3, -0.25) is 14.4 Å². The summed E-state index contributed by atoms with van der Waals surface area (Å²) < 4.78 is 80.2. The van der Waals surface area contributed by atoms with Crippen LogP contribution in [0.25, 0.3) is 22.5 Å². The second-order valence-electron chi connectivity index (χ2n) is 37.2. The molecular formula is C97H133N9O29. The third-order valence-electron chi connectivity index (χ3n) is 27.9. The zero-order valence-corrected chi connectivity index (χ0v) is 76.7. The highest BCUT2D eigenvalue weighted by molar-refractivity contribution is 5.90. The van der Waals surface area contributed by atoms with Crippen molar-refractivity contribution in [3.05, 3.63) is 145 Å². The van der Waals surface area contributed by atoms with Crippen LogP contribution in [0.4, 0.5) is 0 Å². The molecule has 12 unspecified atom stereocenters. The molecule has 5 saturated heterocycles. The molecule has 15 rings (SSSR count). The van der Waals surface area contributed by atoms with Crippen molar-refractivity contribution in [2.75, 3.05) is 53.5 Å². The molecule has 0 spiro atoms. The summed E-state index contributed by atoms with van der Waals surface area (Å²) in [6.45, 7) is 3.84. The monoisotopic (exact) mass is 1890 g/mol. The quantitative estimate of drug-likeness (QED) is 0.0187. The number of likely N-dealkylation sites (tertiary alicyclic amines) is 1. The van der Waals surface area contributed by atoms with Crippen molar-refractivity contribution in [3.63, 3.8) is 0 Å². The number of hydrogen-bond acceptors (Lipinski definition) is 34. The lowest BCUT2D eigenvalue weighted by Gasteiger charge is -2.49. The molecule has 7 heterocycles. The summed E-state index contributed by atoms with van der Waals surface area (Å²) in [7, 11) is 3.59. The zero-order chi connectivity index (χ0) is 95.5. The van der Waals surface area contributed by atoms with Gasteiger partial charge in [0.05, 0.1) is 73.2 Å². The number of aliphatic hydroxyl groups is 10. The Morgan fingerprint density at radius 3 is 1.19 bits per heavy atom. The normalized spacial score (nSPS) is 33.5. The van der Waals surface area contributed by atoms with Gasteiger partial charge in [0.1, 0.15) is 115 Å². The van der Waals surface area contributed by atoms with E-state index in [1.54, 1.807) is 84.6 Å². The Bertz CT molecular complexity index is 4690. The summed E-state index contributed by atoms with van der Waals surface area (Å²) in [5.41, 5.74) is 2.84. The van der Waals surface area contributed by atoms with E-state index in [0.717, 1.165) is 81.8 Å². The predicted molar refractivity (Wildman–Crippen MR) is 478 cm³/mol. The van der Waals surface area contributed by atoms with Crippen molar-refractivity contribution in [3.8, 4) is 22.5 Å². The zero-order valence-electron chi connectivity index (χ0n) is 76.7. The van der Waals surface area contributed by atoms with Crippen LogP contribution >= 0.6 is 0 Å². The van der Waals surface area contributed by atoms with Gasteiger partial charge in [0.2, 0.25) is 0 Å².